The minimum atomic E-state index is -0.311. The van der Waals surface area contributed by atoms with Crippen molar-refractivity contribution in [2.24, 2.45) is 11.3 Å². The van der Waals surface area contributed by atoms with E-state index in [0.29, 0.717) is 11.8 Å². The first-order chi connectivity index (χ1) is 8.39. The second-order valence-corrected chi connectivity index (χ2v) is 7.05. The highest BCUT2D eigenvalue weighted by Crippen LogP contribution is 2.34. The van der Waals surface area contributed by atoms with Gasteiger partial charge >= 0.3 is 0 Å². The topological polar surface area (TPSA) is 40.5 Å². The fourth-order valence-corrected chi connectivity index (χ4v) is 3.28. The maximum Gasteiger partial charge on any atom is 0.137 e. The quantitative estimate of drug-likeness (QED) is 0.838. The number of ketones is 1. The number of β-amino-alcohol motifs (C(OH)–C–C–N with tert-alkyl or cyclic N) is 1. The minimum Gasteiger partial charge on any atom is -0.391 e. The first-order valence-electron chi connectivity index (χ1n) is 7.34. The molecule has 2 rings (SSSR count). The number of carbonyl (C=O) groups excluding carboxylic acids is 1. The van der Waals surface area contributed by atoms with Gasteiger partial charge < -0.3 is 5.11 Å². The Bertz CT molecular complexity index is 308. The highest BCUT2D eigenvalue weighted by molar-refractivity contribution is 5.83. The first kappa shape index (κ1) is 14.0. The molecule has 1 aliphatic heterocycles. The highest BCUT2D eigenvalue weighted by atomic mass is 16.3. The van der Waals surface area contributed by atoms with E-state index in [9.17, 15) is 9.90 Å². The van der Waals surface area contributed by atoms with Crippen LogP contribution in [0, 0.1) is 11.3 Å². The van der Waals surface area contributed by atoms with Gasteiger partial charge in [-0.15, -0.1) is 0 Å². The summed E-state index contributed by atoms with van der Waals surface area (Å²) in [5, 5.41) is 10.2. The van der Waals surface area contributed by atoms with Crippen LogP contribution in [0.4, 0.5) is 0 Å². The molecule has 0 amide bonds. The number of Topliss-reactive ketones (excluding diaryl/α,β-unsaturated/α-hetero) is 1. The van der Waals surface area contributed by atoms with Gasteiger partial charge in [-0.25, -0.2) is 0 Å². The van der Waals surface area contributed by atoms with E-state index < -0.39 is 0 Å². The second-order valence-electron chi connectivity index (χ2n) is 7.05. The predicted octanol–water partition coefficient (Wildman–Crippen LogP) is 2.23. The van der Waals surface area contributed by atoms with Crippen molar-refractivity contribution >= 4 is 5.78 Å². The van der Waals surface area contributed by atoms with Crippen molar-refractivity contribution in [2.75, 3.05) is 13.1 Å². The van der Waals surface area contributed by atoms with Crippen molar-refractivity contribution in [1.82, 2.24) is 4.90 Å². The van der Waals surface area contributed by atoms with Gasteiger partial charge in [-0.05, 0) is 37.6 Å². The average molecular weight is 253 g/mol. The molecule has 0 radical (unpaired) electrons. The Balaban J connectivity index is 1.97. The van der Waals surface area contributed by atoms with Gasteiger partial charge in [0, 0.05) is 24.9 Å². The highest BCUT2D eigenvalue weighted by Gasteiger charge is 2.39. The van der Waals surface area contributed by atoms with Crippen LogP contribution in [-0.2, 0) is 4.79 Å². The van der Waals surface area contributed by atoms with Crippen molar-refractivity contribution in [2.45, 2.75) is 65.0 Å². The molecule has 3 heteroatoms. The van der Waals surface area contributed by atoms with E-state index in [1.54, 1.807) is 0 Å². The van der Waals surface area contributed by atoms with E-state index in [0.717, 1.165) is 38.8 Å². The Kier molecular flexibility index (Phi) is 4.12. The summed E-state index contributed by atoms with van der Waals surface area (Å²) in [4.78, 5) is 14.3. The monoisotopic (exact) mass is 253 g/mol. The van der Waals surface area contributed by atoms with Gasteiger partial charge in [0.1, 0.15) is 5.78 Å². The molecule has 3 nitrogen and oxygen atoms in total. The standard InChI is InChI=1S/C15H27NO2/c1-15(2,3)14(18)10-16-9-5-7-12(16)11-6-4-8-13(11)17/h11-12,14,18H,4-10H2,1-3H3. The van der Waals surface area contributed by atoms with Crippen LogP contribution in [0.5, 0.6) is 0 Å². The van der Waals surface area contributed by atoms with Crippen molar-refractivity contribution in [3.8, 4) is 0 Å². The van der Waals surface area contributed by atoms with Crippen LogP contribution < -0.4 is 0 Å². The summed E-state index contributed by atoms with van der Waals surface area (Å²) in [6.45, 7) is 7.98. The van der Waals surface area contributed by atoms with Crippen LogP contribution in [-0.4, -0.2) is 41.0 Å². The van der Waals surface area contributed by atoms with Gasteiger partial charge in [-0.1, -0.05) is 20.8 Å². The lowest BCUT2D eigenvalue weighted by Gasteiger charge is -2.34. The number of carbonyl (C=O) groups is 1. The zero-order valence-corrected chi connectivity index (χ0v) is 12.0. The predicted molar refractivity (Wildman–Crippen MR) is 72.4 cm³/mol. The summed E-state index contributed by atoms with van der Waals surface area (Å²) >= 11 is 0. The van der Waals surface area contributed by atoms with Gasteiger partial charge in [0.2, 0.25) is 0 Å². The lowest BCUT2D eigenvalue weighted by molar-refractivity contribution is -0.122. The fourth-order valence-electron chi connectivity index (χ4n) is 3.28. The maximum atomic E-state index is 11.9. The smallest absolute Gasteiger partial charge is 0.137 e. The molecule has 104 valence electrons. The zero-order chi connectivity index (χ0) is 13.3. The normalized spacial score (nSPS) is 32.1. The summed E-state index contributed by atoms with van der Waals surface area (Å²) < 4.78 is 0. The molecule has 0 spiro atoms. The number of hydrogen-bond acceptors (Lipinski definition) is 3. The van der Waals surface area contributed by atoms with Crippen LogP contribution in [0.15, 0.2) is 0 Å². The molecule has 18 heavy (non-hydrogen) atoms. The summed E-state index contributed by atoms with van der Waals surface area (Å²) in [6.07, 6.45) is 4.89. The Hall–Kier alpha value is -0.410. The van der Waals surface area contributed by atoms with Crippen molar-refractivity contribution in [3.05, 3.63) is 0 Å². The van der Waals surface area contributed by atoms with Gasteiger partial charge in [0.25, 0.3) is 0 Å². The van der Waals surface area contributed by atoms with Gasteiger partial charge in [-0.3, -0.25) is 9.69 Å². The van der Waals surface area contributed by atoms with Gasteiger partial charge in [-0.2, -0.15) is 0 Å². The molecule has 3 atom stereocenters. The molecule has 1 saturated carbocycles. The number of hydrogen-bond donors (Lipinski definition) is 1. The van der Waals surface area contributed by atoms with Crippen LogP contribution in [0.25, 0.3) is 0 Å². The van der Waals surface area contributed by atoms with Crippen LogP contribution in [0.3, 0.4) is 0 Å². The zero-order valence-electron chi connectivity index (χ0n) is 12.0. The molecule has 1 saturated heterocycles. The van der Waals surface area contributed by atoms with Crippen molar-refractivity contribution in [1.29, 1.82) is 0 Å². The van der Waals surface area contributed by atoms with Crippen LogP contribution in [0.1, 0.15) is 52.9 Å². The summed E-state index contributed by atoms with van der Waals surface area (Å²) in [5.74, 6) is 0.705. The van der Waals surface area contributed by atoms with Crippen molar-refractivity contribution < 1.29 is 9.90 Å². The molecule has 1 aliphatic carbocycles. The van der Waals surface area contributed by atoms with Crippen molar-refractivity contribution in [3.63, 3.8) is 0 Å². The molecular weight excluding hydrogens is 226 g/mol. The Labute approximate surface area is 111 Å². The molecule has 0 aromatic heterocycles. The molecular formula is C15H27NO2. The molecule has 2 fully saturated rings. The first-order valence-corrected chi connectivity index (χ1v) is 7.34. The fraction of sp³-hybridized carbons (Fsp3) is 0.933. The maximum absolute atomic E-state index is 11.9. The molecule has 0 bridgehead atoms. The van der Waals surface area contributed by atoms with E-state index in [-0.39, 0.29) is 17.4 Å². The average Bonchev–Trinajstić information content (AvgIpc) is 2.85. The molecule has 0 aromatic rings. The largest absolute Gasteiger partial charge is 0.391 e. The number of likely N-dealkylation sites (tertiary alicyclic amines) is 1. The summed E-state index contributed by atoms with van der Waals surface area (Å²) in [5.41, 5.74) is -0.0766. The summed E-state index contributed by atoms with van der Waals surface area (Å²) in [6, 6.07) is 0.400. The third-order valence-corrected chi connectivity index (χ3v) is 4.64. The second kappa shape index (κ2) is 5.30. The number of aliphatic hydroxyl groups excluding tert-OH is 1. The number of nitrogens with zero attached hydrogens (tertiary/aromatic N) is 1. The SMILES string of the molecule is CC(C)(C)C(O)CN1CCCC1C1CCCC1=O. The Morgan fingerprint density at radius 2 is 2.06 bits per heavy atom. The van der Waals surface area contributed by atoms with E-state index in [2.05, 4.69) is 25.7 Å². The lowest BCUT2D eigenvalue weighted by Crippen LogP contribution is -2.45. The van der Waals surface area contributed by atoms with E-state index in [4.69, 9.17) is 0 Å². The van der Waals surface area contributed by atoms with Gasteiger partial charge in [0.05, 0.1) is 6.10 Å². The third-order valence-electron chi connectivity index (χ3n) is 4.64. The van der Waals surface area contributed by atoms with Crippen LogP contribution in [0.2, 0.25) is 0 Å². The molecule has 1 heterocycles. The lowest BCUT2D eigenvalue weighted by atomic mass is 9.88. The van der Waals surface area contributed by atoms with E-state index in [1.165, 1.54) is 6.42 Å². The number of rotatable bonds is 3. The summed E-state index contributed by atoms with van der Waals surface area (Å²) in [7, 11) is 0. The van der Waals surface area contributed by atoms with E-state index in [1.807, 2.05) is 0 Å². The van der Waals surface area contributed by atoms with Crippen LogP contribution >= 0.6 is 0 Å². The van der Waals surface area contributed by atoms with Gasteiger partial charge in [0.15, 0.2) is 0 Å². The molecule has 2 aliphatic rings. The Morgan fingerprint density at radius 3 is 2.61 bits per heavy atom. The third kappa shape index (κ3) is 2.94. The molecule has 0 aromatic carbocycles. The molecule has 3 unspecified atom stereocenters. The molecule has 1 N–H and O–H groups in total. The number of aliphatic hydroxyl groups is 1. The van der Waals surface area contributed by atoms with E-state index >= 15 is 0 Å². The Morgan fingerprint density at radius 1 is 1.33 bits per heavy atom. The minimum absolute atomic E-state index is 0.0766.